The monoisotopic (exact) mass is 447 g/mol. The van der Waals surface area contributed by atoms with Crippen LogP contribution in [0.2, 0.25) is 0 Å². The first-order valence-electron chi connectivity index (χ1n) is 12.7. The van der Waals surface area contributed by atoms with Crippen LogP contribution in [0.25, 0.3) is 0 Å². The van der Waals surface area contributed by atoms with Crippen molar-refractivity contribution in [3.8, 4) is 0 Å². The van der Waals surface area contributed by atoms with E-state index in [9.17, 15) is 9.59 Å². The van der Waals surface area contributed by atoms with Crippen LogP contribution in [-0.2, 0) is 17.8 Å². The number of amides is 2. The molecule has 0 atom stereocenters. The molecule has 1 aliphatic carbocycles. The standard InChI is InChI=1S/C28H37N3O2/c1-2-3-5-14-27(32)29-24-15-16-26(31-18-17-21-10-8-9-11-22(21)20-31)25(19-24)28(33)30-23-12-6-4-7-13-23/h8-11,15-16,19,23H,2-7,12-14,17-18,20H2,1H3,(H,29,32)(H,30,33). The SMILES string of the molecule is CCCCCC(=O)Nc1ccc(N2CCc3ccccc3C2)c(C(=O)NC2CCCCC2)c1. The van der Waals surface area contributed by atoms with Crippen LogP contribution in [0.15, 0.2) is 42.5 Å². The fourth-order valence-electron chi connectivity index (χ4n) is 5.04. The van der Waals surface area contributed by atoms with Gasteiger partial charge in [-0.1, -0.05) is 63.3 Å². The maximum atomic E-state index is 13.4. The van der Waals surface area contributed by atoms with Gasteiger partial charge in [0.2, 0.25) is 5.91 Å². The molecule has 176 valence electrons. The number of hydrogen-bond donors (Lipinski definition) is 2. The summed E-state index contributed by atoms with van der Waals surface area (Å²) in [7, 11) is 0. The van der Waals surface area contributed by atoms with Gasteiger partial charge in [-0.3, -0.25) is 9.59 Å². The van der Waals surface area contributed by atoms with Gasteiger partial charge in [-0.25, -0.2) is 0 Å². The van der Waals surface area contributed by atoms with E-state index < -0.39 is 0 Å². The first kappa shape index (κ1) is 23.3. The fraction of sp³-hybridized carbons (Fsp3) is 0.500. The summed E-state index contributed by atoms with van der Waals surface area (Å²) in [5.74, 6) is -0.0143. The van der Waals surface area contributed by atoms with Gasteiger partial charge >= 0.3 is 0 Å². The van der Waals surface area contributed by atoms with Crippen LogP contribution >= 0.6 is 0 Å². The average molecular weight is 448 g/mol. The van der Waals surface area contributed by atoms with Crippen molar-refractivity contribution in [2.24, 2.45) is 0 Å². The van der Waals surface area contributed by atoms with Gasteiger partial charge in [0.15, 0.2) is 0 Å². The molecule has 2 N–H and O–H groups in total. The van der Waals surface area contributed by atoms with Crippen LogP contribution in [0.1, 0.15) is 86.2 Å². The fourth-order valence-corrected chi connectivity index (χ4v) is 5.04. The van der Waals surface area contributed by atoms with E-state index in [2.05, 4.69) is 46.7 Å². The molecule has 0 radical (unpaired) electrons. The van der Waals surface area contributed by atoms with E-state index in [0.29, 0.717) is 17.7 Å². The van der Waals surface area contributed by atoms with Crippen LogP contribution in [-0.4, -0.2) is 24.4 Å². The molecule has 0 saturated heterocycles. The lowest BCUT2D eigenvalue weighted by molar-refractivity contribution is -0.116. The first-order valence-corrected chi connectivity index (χ1v) is 12.7. The maximum Gasteiger partial charge on any atom is 0.253 e. The Morgan fingerprint density at radius 3 is 2.58 bits per heavy atom. The number of nitrogens with one attached hydrogen (secondary N) is 2. The normalized spacial score (nSPS) is 16.2. The van der Waals surface area contributed by atoms with Crippen molar-refractivity contribution >= 4 is 23.2 Å². The quantitative estimate of drug-likeness (QED) is 0.501. The topological polar surface area (TPSA) is 61.4 Å². The molecule has 1 heterocycles. The summed E-state index contributed by atoms with van der Waals surface area (Å²) in [6.07, 6.45) is 10.2. The van der Waals surface area contributed by atoms with Gasteiger partial charge in [0, 0.05) is 36.9 Å². The second kappa shape index (κ2) is 11.4. The minimum Gasteiger partial charge on any atom is -0.366 e. The maximum absolute atomic E-state index is 13.4. The Bertz CT molecular complexity index is 965. The van der Waals surface area contributed by atoms with Crippen LogP contribution in [0, 0.1) is 0 Å². The largest absolute Gasteiger partial charge is 0.366 e. The van der Waals surface area contributed by atoms with Crippen LogP contribution in [0.4, 0.5) is 11.4 Å². The number of carbonyl (C=O) groups excluding carboxylic acids is 2. The Kier molecular flexibility index (Phi) is 8.03. The van der Waals surface area contributed by atoms with Gasteiger partial charge in [0.1, 0.15) is 0 Å². The second-order valence-electron chi connectivity index (χ2n) is 9.49. The molecule has 0 spiro atoms. The summed E-state index contributed by atoms with van der Waals surface area (Å²) < 4.78 is 0. The molecule has 0 bridgehead atoms. The molecule has 5 nitrogen and oxygen atoms in total. The van der Waals surface area contributed by atoms with Crippen molar-refractivity contribution in [2.45, 2.75) is 83.7 Å². The predicted octanol–water partition coefficient (Wildman–Crippen LogP) is 5.83. The molecule has 2 aromatic carbocycles. The number of rotatable bonds is 8. The molecular formula is C28H37N3O2. The summed E-state index contributed by atoms with van der Waals surface area (Å²) in [4.78, 5) is 28.1. The molecule has 2 aliphatic rings. The van der Waals surface area contributed by atoms with Crippen molar-refractivity contribution in [1.82, 2.24) is 5.32 Å². The highest BCUT2D eigenvalue weighted by molar-refractivity contribution is 6.02. The van der Waals surface area contributed by atoms with E-state index in [-0.39, 0.29) is 17.9 Å². The Hall–Kier alpha value is -2.82. The number of unbranched alkanes of at least 4 members (excludes halogenated alkanes) is 2. The Balaban J connectivity index is 1.55. The van der Waals surface area contributed by atoms with Crippen molar-refractivity contribution in [3.63, 3.8) is 0 Å². The zero-order valence-electron chi connectivity index (χ0n) is 19.9. The van der Waals surface area contributed by atoms with Crippen LogP contribution in [0.3, 0.4) is 0 Å². The first-order chi connectivity index (χ1) is 16.1. The highest BCUT2D eigenvalue weighted by Crippen LogP contribution is 2.30. The van der Waals surface area contributed by atoms with E-state index in [0.717, 1.165) is 57.3 Å². The van der Waals surface area contributed by atoms with Crippen molar-refractivity contribution in [3.05, 3.63) is 59.2 Å². The van der Waals surface area contributed by atoms with Gasteiger partial charge in [-0.15, -0.1) is 0 Å². The lowest BCUT2D eigenvalue weighted by atomic mass is 9.95. The lowest BCUT2D eigenvalue weighted by Gasteiger charge is -2.32. The number of fused-ring (bicyclic) bond motifs is 1. The van der Waals surface area contributed by atoms with Crippen LogP contribution < -0.4 is 15.5 Å². The average Bonchev–Trinajstić information content (AvgIpc) is 2.84. The number of anilines is 2. The van der Waals surface area contributed by atoms with Gasteiger partial charge in [0.05, 0.1) is 5.56 Å². The van der Waals surface area contributed by atoms with Crippen molar-refractivity contribution in [2.75, 3.05) is 16.8 Å². The van der Waals surface area contributed by atoms with Gasteiger partial charge in [0.25, 0.3) is 5.91 Å². The molecule has 33 heavy (non-hydrogen) atoms. The van der Waals surface area contributed by atoms with Crippen molar-refractivity contribution in [1.29, 1.82) is 0 Å². The zero-order chi connectivity index (χ0) is 23.0. The van der Waals surface area contributed by atoms with Crippen LogP contribution in [0.5, 0.6) is 0 Å². The number of nitrogens with zero attached hydrogens (tertiary/aromatic N) is 1. The van der Waals surface area contributed by atoms with E-state index in [1.165, 1.54) is 30.4 Å². The summed E-state index contributed by atoms with van der Waals surface area (Å²) in [6.45, 7) is 3.80. The van der Waals surface area contributed by atoms with Gasteiger partial charge in [-0.05, 0) is 55.0 Å². The second-order valence-corrected chi connectivity index (χ2v) is 9.49. The van der Waals surface area contributed by atoms with Crippen molar-refractivity contribution < 1.29 is 9.59 Å². The molecule has 0 aromatic heterocycles. The highest BCUT2D eigenvalue weighted by Gasteiger charge is 2.24. The minimum absolute atomic E-state index is 0.0155. The molecule has 2 amide bonds. The Morgan fingerprint density at radius 1 is 1.00 bits per heavy atom. The summed E-state index contributed by atoms with van der Waals surface area (Å²) in [6, 6.07) is 14.6. The smallest absolute Gasteiger partial charge is 0.253 e. The third-order valence-electron chi connectivity index (χ3n) is 6.94. The number of carbonyl (C=O) groups is 2. The number of hydrogen-bond acceptors (Lipinski definition) is 3. The van der Waals surface area contributed by atoms with E-state index >= 15 is 0 Å². The van der Waals surface area contributed by atoms with Gasteiger partial charge in [-0.2, -0.15) is 0 Å². The molecule has 0 unspecified atom stereocenters. The lowest BCUT2D eigenvalue weighted by Crippen LogP contribution is -2.38. The number of benzene rings is 2. The third kappa shape index (κ3) is 6.16. The highest BCUT2D eigenvalue weighted by atomic mass is 16.2. The molecule has 1 saturated carbocycles. The van der Waals surface area contributed by atoms with Gasteiger partial charge < -0.3 is 15.5 Å². The van der Waals surface area contributed by atoms with E-state index in [1.54, 1.807) is 0 Å². The zero-order valence-corrected chi connectivity index (χ0v) is 19.9. The molecule has 1 fully saturated rings. The molecule has 2 aromatic rings. The molecule has 5 heteroatoms. The Morgan fingerprint density at radius 2 is 1.79 bits per heavy atom. The summed E-state index contributed by atoms with van der Waals surface area (Å²) >= 11 is 0. The summed E-state index contributed by atoms with van der Waals surface area (Å²) in [5, 5.41) is 6.29. The summed E-state index contributed by atoms with van der Waals surface area (Å²) in [5.41, 5.74) is 5.01. The van der Waals surface area contributed by atoms with E-state index in [1.807, 2.05) is 18.2 Å². The molecular weight excluding hydrogens is 410 g/mol. The Labute approximate surface area is 197 Å². The predicted molar refractivity (Wildman–Crippen MR) is 135 cm³/mol. The molecule has 4 rings (SSSR count). The molecule has 1 aliphatic heterocycles. The minimum atomic E-state index is -0.0298. The van der Waals surface area contributed by atoms with E-state index in [4.69, 9.17) is 0 Å². The third-order valence-corrected chi connectivity index (χ3v) is 6.94.